The number of hydrogen-bond donors (Lipinski definition) is 0. The van der Waals surface area contributed by atoms with Gasteiger partial charge >= 0.3 is 0 Å². The third-order valence-electron chi connectivity index (χ3n) is 2.75. The van der Waals surface area contributed by atoms with Crippen LogP contribution in [-0.4, -0.2) is 12.5 Å². The Morgan fingerprint density at radius 2 is 2.13 bits per heavy atom. The van der Waals surface area contributed by atoms with E-state index < -0.39 is 0 Å². The minimum atomic E-state index is 0.0233. The molecule has 1 fully saturated rings. The molecule has 76 valence electrons. The van der Waals surface area contributed by atoms with Gasteiger partial charge in [0.15, 0.2) is 0 Å². The van der Waals surface area contributed by atoms with Crippen LogP contribution < -0.4 is 4.90 Å². The van der Waals surface area contributed by atoms with Crippen molar-refractivity contribution in [1.82, 2.24) is 0 Å². The molecular weight excluding hydrogens is 186 g/mol. The quantitative estimate of drug-likeness (QED) is 0.668. The maximum Gasteiger partial charge on any atom is 0.231 e. The van der Waals surface area contributed by atoms with Crippen LogP contribution in [0.1, 0.15) is 12.8 Å². The Bertz CT molecular complexity index is 391. The van der Waals surface area contributed by atoms with E-state index in [1.54, 1.807) is 0 Å². The van der Waals surface area contributed by atoms with Crippen LogP contribution in [-0.2, 0) is 4.79 Å². The van der Waals surface area contributed by atoms with Gasteiger partial charge in [0, 0.05) is 18.7 Å². The van der Waals surface area contributed by atoms with Crippen molar-refractivity contribution in [2.24, 2.45) is 5.92 Å². The fourth-order valence-electron chi connectivity index (χ4n) is 1.93. The second-order valence-corrected chi connectivity index (χ2v) is 3.72. The number of benzene rings is 1. The molecule has 1 aliphatic heterocycles. The van der Waals surface area contributed by atoms with E-state index in [2.05, 4.69) is 5.92 Å². The van der Waals surface area contributed by atoms with E-state index in [0.717, 1.165) is 18.7 Å². The first-order valence-corrected chi connectivity index (χ1v) is 5.13. The molecule has 2 rings (SSSR count). The number of carbonyl (C=O) groups is 1. The molecule has 0 N–H and O–H groups in total. The molecule has 0 spiro atoms. The van der Waals surface area contributed by atoms with Gasteiger partial charge in [-0.2, -0.15) is 0 Å². The number of hydrogen-bond acceptors (Lipinski definition) is 1. The number of carbonyl (C=O) groups excluding carboxylic acids is 1. The van der Waals surface area contributed by atoms with Gasteiger partial charge in [0.25, 0.3) is 0 Å². The lowest BCUT2D eigenvalue weighted by atomic mass is 10.1. The molecule has 1 aromatic carbocycles. The van der Waals surface area contributed by atoms with Crippen LogP contribution in [0.3, 0.4) is 0 Å². The molecule has 0 aliphatic carbocycles. The molecule has 1 saturated heterocycles. The molecule has 2 nitrogen and oxygen atoms in total. The highest BCUT2D eigenvalue weighted by Crippen LogP contribution is 2.26. The Labute approximate surface area is 89.9 Å². The van der Waals surface area contributed by atoms with Crippen LogP contribution >= 0.6 is 0 Å². The van der Waals surface area contributed by atoms with Crippen LogP contribution in [0.15, 0.2) is 30.3 Å². The standard InChI is InChI=1S/C13H13NO/c1-2-6-11-9-10-14(13(11)15)12-7-4-3-5-8-12/h1,3-5,7-8,11H,6,9-10H2. The number of para-hydroxylation sites is 1. The normalized spacial score (nSPS) is 20.3. The third kappa shape index (κ3) is 1.87. The average Bonchev–Trinajstić information content (AvgIpc) is 2.63. The van der Waals surface area contributed by atoms with Crippen molar-refractivity contribution in [2.75, 3.05) is 11.4 Å². The average molecular weight is 199 g/mol. The molecule has 0 radical (unpaired) electrons. The summed E-state index contributed by atoms with van der Waals surface area (Å²) in [5.41, 5.74) is 0.974. The Hall–Kier alpha value is -1.75. The lowest BCUT2D eigenvalue weighted by Gasteiger charge is -2.16. The van der Waals surface area contributed by atoms with Gasteiger partial charge in [-0.1, -0.05) is 18.2 Å². The Morgan fingerprint density at radius 3 is 2.80 bits per heavy atom. The summed E-state index contributed by atoms with van der Waals surface area (Å²) in [5, 5.41) is 0. The van der Waals surface area contributed by atoms with Crippen molar-refractivity contribution >= 4 is 11.6 Å². The molecule has 1 aromatic rings. The van der Waals surface area contributed by atoms with Crippen LogP contribution in [0, 0.1) is 18.3 Å². The fourth-order valence-corrected chi connectivity index (χ4v) is 1.93. The summed E-state index contributed by atoms with van der Waals surface area (Å²) < 4.78 is 0. The molecule has 1 heterocycles. The van der Waals surface area contributed by atoms with E-state index in [1.807, 2.05) is 35.2 Å². The van der Waals surface area contributed by atoms with E-state index in [4.69, 9.17) is 6.42 Å². The fraction of sp³-hybridized carbons (Fsp3) is 0.308. The maximum absolute atomic E-state index is 11.9. The predicted octanol–water partition coefficient (Wildman–Crippen LogP) is 2.06. The highest BCUT2D eigenvalue weighted by molar-refractivity contribution is 5.97. The van der Waals surface area contributed by atoms with Gasteiger partial charge in [-0.05, 0) is 18.6 Å². The number of terminal acetylenes is 1. The molecule has 1 aliphatic rings. The summed E-state index contributed by atoms with van der Waals surface area (Å²) in [6.07, 6.45) is 6.66. The third-order valence-corrected chi connectivity index (χ3v) is 2.75. The molecule has 0 bridgehead atoms. The van der Waals surface area contributed by atoms with Gasteiger partial charge in [-0.15, -0.1) is 12.3 Å². The van der Waals surface area contributed by atoms with Crippen molar-refractivity contribution in [3.05, 3.63) is 30.3 Å². The summed E-state index contributed by atoms with van der Waals surface area (Å²) in [7, 11) is 0. The number of amides is 1. The molecule has 1 unspecified atom stereocenters. The van der Waals surface area contributed by atoms with E-state index in [0.29, 0.717) is 6.42 Å². The van der Waals surface area contributed by atoms with Gasteiger partial charge in [0.1, 0.15) is 0 Å². The maximum atomic E-state index is 11.9. The Morgan fingerprint density at radius 1 is 1.40 bits per heavy atom. The number of anilines is 1. The molecule has 1 amide bonds. The lowest BCUT2D eigenvalue weighted by molar-refractivity contribution is -0.120. The monoisotopic (exact) mass is 199 g/mol. The zero-order chi connectivity index (χ0) is 10.7. The van der Waals surface area contributed by atoms with Crippen molar-refractivity contribution in [3.63, 3.8) is 0 Å². The van der Waals surface area contributed by atoms with Crippen molar-refractivity contribution < 1.29 is 4.79 Å². The minimum absolute atomic E-state index is 0.0233. The first-order chi connectivity index (χ1) is 7.33. The molecule has 1 atom stereocenters. The number of nitrogens with zero attached hydrogens (tertiary/aromatic N) is 1. The predicted molar refractivity (Wildman–Crippen MR) is 60.4 cm³/mol. The molecule has 15 heavy (non-hydrogen) atoms. The largest absolute Gasteiger partial charge is 0.312 e. The van der Waals surface area contributed by atoms with Gasteiger partial charge < -0.3 is 4.90 Å². The smallest absolute Gasteiger partial charge is 0.231 e. The Kier molecular flexibility index (Phi) is 2.73. The van der Waals surface area contributed by atoms with Crippen LogP contribution in [0.4, 0.5) is 5.69 Å². The van der Waals surface area contributed by atoms with Gasteiger partial charge in [0.2, 0.25) is 5.91 Å². The van der Waals surface area contributed by atoms with E-state index in [-0.39, 0.29) is 11.8 Å². The first-order valence-electron chi connectivity index (χ1n) is 5.13. The SMILES string of the molecule is C#CCC1CCN(c2ccccc2)C1=O. The van der Waals surface area contributed by atoms with Crippen LogP contribution in [0.25, 0.3) is 0 Å². The second kappa shape index (κ2) is 4.18. The van der Waals surface area contributed by atoms with Crippen molar-refractivity contribution in [1.29, 1.82) is 0 Å². The van der Waals surface area contributed by atoms with E-state index in [9.17, 15) is 4.79 Å². The van der Waals surface area contributed by atoms with Crippen molar-refractivity contribution in [2.45, 2.75) is 12.8 Å². The lowest BCUT2D eigenvalue weighted by Crippen LogP contribution is -2.26. The summed E-state index contributed by atoms with van der Waals surface area (Å²) in [6.45, 7) is 0.787. The summed E-state index contributed by atoms with van der Waals surface area (Å²) in [5.74, 6) is 2.75. The van der Waals surface area contributed by atoms with Gasteiger partial charge in [0.05, 0.1) is 5.92 Å². The number of rotatable bonds is 2. The summed E-state index contributed by atoms with van der Waals surface area (Å²) >= 11 is 0. The van der Waals surface area contributed by atoms with E-state index >= 15 is 0 Å². The Balaban J connectivity index is 2.15. The van der Waals surface area contributed by atoms with Gasteiger partial charge in [-0.3, -0.25) is 4.79 Å². The zero-order valence-corrected chi connectivity index (χ0v) is 8.52. The zero-order valence-electron chi connectivity index (χ0n) is 8.52. The summed E-state index contributed by atoms with van der Waals surface area (Å²) in [6, 6.07) is 9.74. The molecule has 0 saturated carbocycles. The topological polar surface area (TPSA) is 20.3 Å². The van der Waals surface area contributed by atoms with E-state index in [1.165, 1.54) is 0 Å². The van der Waals surface area contributed by atoms with Crippen LogP contribution in [0.2, 0.25) is 0 Å². The van der Waals surface area contributed by atoms with Gasteiger partial charge in [-0.25, -0.2) is 0 Å². The van der Waals surface area contributed by atoms with Crippen molar-refractivity contribution in [3.8, 4) is 12.3 Å². The summed E-state index contributed by atoms with van der Waals surface area (Å²) in [4.78, 5) is 13.7. The second-order valence-electron chi connectivity index (χ2n) is 3.72. The molecular formula is C13H13NO. The van der Waals surface area contributed by atoms with Crippen LogP contribution in [0.5, 0.6) is 0 Å². The first kappa shape index (κ1) is 9.79. The molecule has 0 aromatic heterocycles. The highest BCUT2D eigenvalue weighted by Gasteiger charge is 2.31. The highest BCUT2D eigenvalue weighted by atomic mass is 16.2. The molecule has 2 heteroatoms. The minimum Gasteiger partial charge on any atom is -0.312 e.